The molecule has 0 aliphatic carbocycles. The SMILES string of the molecule is CCc1ccccc1NC(=O)CC1SC(=NN=C(C)C=Cc2ccc(OC)cc2)NC1=O. The maximum absolute atomic E-state index is 12.4. The van der Waals surface area contributed by atoms with Crippen LogP contribution in [0, 0.1) is 0 Å². The van der Waals surface area contributed by atoms with E-state index in [9.17, 15) is 9.59 Å². The molecule has 0 radical (unpaired) electrons. The molecule has 1 atom stereocenters. The molecule has 8 heteroatoms. The van der Waals surface area contributed by atoms with Crippen molar-refractivity contribution in [1.29, 1.82) is 0 Å². The van der Waals surface area contributed by atoms with Gasteiger partial charge in [-0.25, -0.2) is 0 Å². The highest BCUT2D eigenvalue weighted by atomic mass is 32.2. The molecule has 0 aromatic heterocycles. The second-order valence-electron chi connectivity index (χ2n) is 7.11. The van der Waals surface area contributed by atoms with E-state index in [-0.39, 0.29) is 18.2 Å². The Morgan fingerprint density at radius 2 is 1.97 bits per heavy atom. The lowest BCUT2D eigenvalue weighted by Gasteiger charge is -2.10. The van der Waals surface area contributed by atoms with E-state index in [1.807, 2.05) is 74.5 Å². The van der Waals surface area contributed by atoms with E-state index in [1.54, 1.807) is 7.11 Å². The second-order valence-corrected chi connectivity index (χ2v) is 8.30. The van der Waals surface area contributed by atoms with E-state index in [0.717, 1.165) is 29.0 Å². The molecule has 166 valence electrons. The highest BCUT2D eigenvalue weighted by Gasteiger charge is 2.32. The van der Waals surface area contributed by atoms with Crippen LogP contribution in [-0.2, 0) is 16.0 Å². The van der Waals surface area contributed by atoms with Crippen LogP contribution < -0.4 is 15.4 Å². The van der Waals surface area contributed by atoms with Crippen LogP contribution in [-0.4, -0.2) is 35.1 Å². The summed E-state index contributed by atoms with van der Waals surface area (Å²) < 4.78 is 5.14. The summed E-state index contributed by atoms with van der Waals surface area (Å²) in [6, 6.07) is 15.3. The summed E-state index contributed by atoms with van der Waals surface area (Å²) >= 11 is 1.21. The second kappa shape index (κ2) is 11.3. The number of amides is 2. The summed E-state index contributed by atoms with van der Waals surface area (Å²) in [6.45, 7) is 3.85. The smallest absolute Gasteiger partial charge is 0.240 e. The van der Waals surface area contributed by atoms with Gasteiger partial charge in [0.25, 0.3) is 0 Å². The molecule has 2 aromatic rings. The number of anilines is 1. The van der Waals surface area contributed by atoms with Crippen LogP contribution in [0.25, 0.3) is 6.08 Å². The Labute approximate surface area is 192 Å². The predicted molar refractivity (Wildman–Crippen MR) is 131 cm³/mol. The summed E-state index contributed by atoms with van der Waals surface area (Å²) in [5.41, 5.74) is 3.52. The summed E-state index contributed by atoms with van der Waals surface area (Å²) in [5.74, 6) is 0.349. The number of amidine groups is 1. The van der Waals surface area contributed by atoms with Crippen molar-refractivity contribution >= 4 is 46.2 Å². The minimum Gasteiger partial charge on any atom is -0.497 e. The Balaban J connectivity index is 1.55. The molecular formula is C24H26N4O3S. The number of aryl methyl sites for hydroxylation is 1. The van der Waals surface area contributed by atoms with E-state index in [0.29, 0.717) is 10.9 Å². The average molecular weight is 451 g/mol. The number of carbonyl (C=O) groups excluding carboxylic acids is 2. The number of hydrogen-bond acceptors (Lipinski definition) is 6. The van der Waals surface area contributed by atoms with E-state index in [4.69, 9.17) is 4.74 Å². The lowest BCUT2D eigenvalue weighted by molar-refractivity contribution is -0.122. The fourth-order valence-corrected chi connectivity index (χ4v) is 3.91. The zero-order valence-corrected chi connectivity index (χ0v) is 19.1. The number of thioether (sulfide) groups is 1. The number of para-hydroxylation sites is 1. The van der Waals surface area contributed by atoms with Crippen molar-refractivity contribution in [1.82, 2.24) is 5.32 Å². The highest BCUT2D eigenvalue weighted by Crippen LogP contribution is 2.24. The molecule has 32 heavy (non-hydrogen) atoms. The summed E-state index contributed by atoms with van der Waals surface area (Å²) in [5, 5.41) is 13.7. The van der Waals surface area contributed by atoms with E-state index >= 15 is 0 Å². The Morgan fingerprint density at radius 3 is 2.69 bits per heavy atom. The van der Waals surface area contributed by atoms with Crippen LogP contribution >= 0.6 is 11.8 Å². The van der Waals surface area contributed by atoms with Gasteiger partial charge in [0.15, 0.2) is 5.17 Å². The van der Waals surface area contributed by atoms with Crippen molar-refractivity contribution in [3.63, 3.8) is 0 Å². The summed E-state index contributed by atoms with van der Waals surface area (Å²) in [7, 11) is 1.63. The first-order valence-electron chi connectivity index (χ1n) is 10.3. The molecule has 1 aliphatic rings. The molecule has 1 aliphatic heterocycles. The lowest BCUT2D eigenvalue weighted by atomic mass is 10.1. The normalized spacial score (nSPS) is 17.6. The molecule has 1 heterocycles. The molecule has 0 saturated carbocycles. The summed E-state index contributed by atoms with van der Waals surface area (Å²) in [6.07, 6.45) is 4.63. The fourth-order valence-electron chi connectivity index (χ4n) is 3.00. The third kappa shape index (κ3) is 6.55. The van der Waals surface area contributed by atoms with Crippen molar-refractivity contribution in [2.75, 3.05) is 12.4 Å². The maximum Gasteiger partial charge on any atom is 0.240 e. The van der Waals surface area contributed by atoms with Gasteiger partial charge in [-0.1, -0.05) is 55.1 Å². The monoisotopic (exact) mass is 450 g/mol. The van der Waals surface area contributed by atoms with Crippen molar-refractivity contribution in [3.8, 4) is 5.75 Å². The van der Waals surface area contributed by atoms with Crippen molar-refractivity contribution in [3.05, 3.63) is 65.7 Å². The van der Waals surface area contributed by atoms with E-state index in [2.05, 4.69) is 20.8 Å². The Kier molecular flexibility index (Phi) is 8.21. The molecule has 7 nitrogen and oxygen atoms in total. The molecule has 1 fully saturated rings. The first-order chi connectivity index (χ1) is 15.5. The number of carbonyl (C=O) groups is 2. The van der Waals surface area contributed by atoms with Gasteiger partial charge in [-0.15, -0.1) is 5.10 Å². The molecule has 2 N–H and O–H groups in total. The first kappa shape index (κ1) is 23.3. The number of hydrogen-bond donors (Lipinski definition) is 2. The minimum atomic E-state index is -0.534. The highest BCUT2D eigenvalue weighted by molar-refractivity contribution is 8.15. The van der Waals surface area contributed by atoms with Crippen LogP contribution in [0.1, 0.15) is 31.4 Å². The molecule has 0 bridgehead atoms. The zero-order valence-electron chi connectivity index (χ0n) is 18.3. The van der Waals surface area contributed by atoms with Gasteiger partial charge in [0.2, 0.25) is 11.8 Å². The number of methoxy groups -OCH3 is 1. The largest absolute Gasteiger partial charge is 0.497 e. The maximum atomic E-state index is 12.4. The predicted octanol–water partition coefficient (Wildman–Crippen LogP) is 4.26. The summed E-state index contributed by atoms with van der Waals surface area (Å²) in [4.78, 5) is 24.7. The molecule has 2 aromatic carbocycles. The fraction of sp³-hybridized carbons (Fsp3) is 0.250. The molecular weight excluding hydrogens is 424 g/mol. The van der Waals surface area contributed by atoms with Crippen LogP contribution in [0.4, 0.5) is 5.69 Å². The standard InChI is InChI=1S/C24H26N4O3S/c1-4-18-7-5-6-8-20(18)25-22(29)15-21-23(30)26-24(32-21)28-27-16(2)9-10-17-11-13-19(31-3)14-12-17/h5-14,21H,4,15H2,1-3H3,(H,25,29)(H,26,28,30). The Bertz CT molecular complexity index is 1060. The van der Waals surface area contributed by atoms with Crippen molar-refractivity contribution in [2.45, 2.75) is 31.9 Å². The number of rotatable bonds is 8. The van der Waals surface area contributed by atoms with Crippen LogP contribution in [0.15, 0.2) is 64.8 Å². The number of benzene rings is 2. The van der Waals surface area contributed by atoms with Gasteiger partial charge in [-0.05, 0) is 48.7 Å². The van der Waals surface area contributed by atoms with E-state index in [1.165, 1.54) is 11.8 Å². The molecule has 0 spiro atoms. The van der Waals surface area contributed by atoms with E-state index < -0.39 is 5.25 Å². The zero-order chi connectivity index (χ0) is 22.9. The topological polar surface area (TPSA) is 92.2 Å². The third-order valence-corrected chi connectivity index (χ3v) is 5.82. The quantitative estimate of drug-likeness (QED) is 0.464. The number of allylic oxidation sites excluding steroid dienone is 1. The van der Waals surface area contributed by atoms with Crippen molar-refractivity contribution < 1.29 is 14.3 Å². The van der Waals surface area contributed by atoms with Gasteiger partial charge in [0.1, 0.15) is 11.0 Å². The van der Waals surface area contributed by atoms with Gasteiger partial charge in [0.05, 0.1) is 12.8 Å². The minimum absolute atomic E-state index is 0.0631. The van der Waals surface area contributed by atoms with Gasteiger partial charge < -0.3 is 15.4 Å². The first-order valence-corrected chi connectivity index (χ1v) is 11.2. The molecule has 1 saturated heterocycles. The van der Waals surface area contributed by atoms with Gasteiger partial charge in [0, 0.05) is 12.1 Å². The Morgan fingerprint density at radius 1 is 1.22 bits per heavy atom. The van der Waals surface area contributed by atoms with Gasteiger partial charge in [-0.2, -0.15) is 5.10 Å². The molecule has 3 rings (SSSR count). The Hall–Kier alpha value is -3.39. The molecule has 1 unspecified atom stereocenters. The lowest BCUT2D eigenvalue weighted by Crippen LogP contribution is -2.28. The van der Waals surface area contributed by atoms with Crippen LogP contribution in [0.3, 0.4) is 0 Å². The van der Waals surface area contributed by atoms with Crippen molar-refractivity contribution in [2.24, 2.45) is 10.2 Å². The number of nitrogens with zero attached hydrogens (tertiary/aromatic N) is 2. The third-order valence-electron chi connectivity index (χ3n) is 4.75. The van der Waals surface area contributed by atoms with Gasteiger partial charge >= 0.3 is 0 Å². The molecule has 2 amide bonds. The average Bonchev–Trinajstić information content (AvgIpc) is 3.15. The van der Waals surface area contributed by atoms with Crippen LogP contribution in [0.5, 0.6) is 5.75 Å². The number of ether oxygens (including phenoxy) is 1. The van der Waals surface area contributed by atoms with Gasteiger partial charge in [-0.3, -0.25) is 9.59 Å². The van der Waals surface area contributed by atoms with Crippen LogP contribution in [0.2, 0.25) is 0 Å². The number of nitrogens with one attached hydrogen (secondary N) is 2.